The summed E-state index contributed by atoms with van der Waals surface area (Å²) in [6.45, 7) is 5.24. The summed E-state index contributed by atoms with van der Waals surface area (Å²) in [5.41, 5.74) is 2.29. The first-order valence-electron chi connectivity index (χ1n) is 8.01. The van der Waals surface area contributed by atoms with Crippen LogP contribution < -0.4 is 10.1 Å². The fourth-order valence-corrected chi connectivity index (χ4v) is 3.54. The molecule has 2 aromatic carbocycles. The van der Waals surface area contributed by atoms with Gasteiger partial charge in [0.15, 0.2) is 0 Å². The van der Waals surface area contributed by atoms with Crippen molar-refractivity contribution in [3.8, 4) is 5.75 Å². The van der Waals surface area contributed by atoms with Crippen LogP contribution in [0.25, 0.3) is 10.8 Å². The summed E-state index contributed by atoms with van der Waals surface area (Å²) in [5.74, 6) is 0.973. The standard InChI is InChI=1S/C19H25NO2/c1-5-14-8-16-9-17(7-6-15(16)10-18(14)21-3)19(22-4)11-13(2)20-12-19/h6-10,13,20H,5,11-12H2,1-4H3. The highest BCUT2D eigenvalue weighted by atomic mass is 16.5. The van der Waals surface area contributed by atoms with Gasteiger partial charge in [-0.05, 0) is 59.9 Å². The van der Waals surface area contributed by atoms with Crippen molar-refractivity contribution in [1.29, 1.82) is 0 Å². The van der Waals surface area contributed by atoms with Gasteiger partial charge in [-0.1, -0.05) is 19.1 Å². The van der Waals surface area contributed by atoms with E-state index < -0.39 is 0 Å². The summed E-state index contributed by atoms with van der Waals surface area (Å²) in [7, 11) is 3.55. The van der Waals surface area contributed by atoms with Crippen molar-refractivity contribution < 1.29 is 9.47 Å². The van der Waals surface area contributed by atoms with Crippen LogP contribution in [0.1, 0.15) is 31.4 Å². The predicted octanol–water partition coefficient (Wildman–Crippen LogP) is 3.63. The minimum atomic E-state index is -0.208. The molecule has 0 saturated carbocycles. The topological polar surface area (TPSA) is 30.5 Å². The average molecular weight is 299 g/mol. The van der Waals surface area contributed by atoms with E-state index >= 15 is 0 Å². The van der Waals surface area contributed by atoms with E-state index in [4.69, 9.17) is 9.47 Å². The molecule has 2 atom stereocenters. The van der Waals surface area contributed by atoms with Crippen LogP contribution in [0.5, 0.6) is 5.75 Å². The number of benzene rings is 2. The molecule has 0 aliphatic carbocycles. The molecule has 0 spiro atoms. The number of fused-ring (bicyclic) bond motifs is 1. The molecule has 22 heavy (non-hydrogen) atoms. The fourth-order valence-electron chi connectivity index (χ4n) is 3.54. The zero-order chi connectivity index (χ0) is 15.7. The van der Waals surface area contributed by atoms with E-state index in [1.54, 1.807) is 7.11 Å². The zero-order valence-corrected chi connectivity index (χ0v) is 13.9. The number of ether oxygens (including phenoxy) is 2. The van der Waals surface area contributed by atoms with Gasteiger partial charge < -0.3 is 14.8 Å². The number of methoxy groups -OCH3 is 2. The van der Waals surface area contributed by atoms with Gasteiger partial charge in [-0.25, -0.2) is 0 Å². The summed E-state index contributed by atoms with van der Waals surface area (Å²) in [6.07, 6.45) is 1.98. The highest BCUT2D eigenvalue weighted by Gasteiger charge is 2.39. The molecule has 3 rings (SSSR count). The molecular weight excluding hydrogens is 274 g/mol. The molecule has 1 aliphatic heterocycles. The van der Waals surface area contributed by atoms with Gasteiger partial charge in [-0.2, -0.15) is 0 Å². The largest absolute Gasteiger partial charge is 0.496 e. The van der Waals surface area contributed by atoms with E-state index in [0.717, 1.165) is 25.1 Å². The van der Waals surface area contributed by atoms with Crippen molar-refractivity contribution >= 4 is 10.8 Å². The molecule has 3 heteroatoms. The Hall–Kier alpha value is -1.58. The Balaban J connectivity index is 2.09. The van der Waals surface area contributed by atoms with Gasteiger partial charge in [0.2, 0.25) is 0 Å². The van der Waals surface area contributed by atoms with E-state index in [0.29, 0.717) is 6.04 Å². The van der Waals surface area contributed by atoms with Crippen molar-refractivity contribution in [3.05, 3.63) is 41.5 Å². The van der Waals surface area contributed by atoms with Crippen molar-refractivity contribution in [2.45, 2.75) is 38.3 Å². The third kappa shape index (κ3) is 2.49. The lowest BCUT2D eigenvalue weighted by Crippen LogP contribution is -2.30. The van der Waals surface area contributed by atoms with Gasteiger partial charge in [0, 0.05) is 19.7 Å². The van der Waals surface area contributed by atoms with Crippen LogP contribution in [0.2, 0.25) is 0 Å². The monoisotopic (exact) mass is 299 g/mol. The lowest BCUT2D eigenvalue weighted by atomic mass is 9.89. The Morgan fingerprint density at radius 1 is 1.18 bits per heavy atom. The fraction of sp³-hybridized carbons (Fsp3) is 0.474. The summed E-state index contributed by atoms with van der Waals surface area (Å²) in [6, 6.07) is 11.5. The number of hydrogen-bond donors (Lipinski definition) is 1. The van der Waals surface area contributed by atoms with Crippen LogP contribution in [0.15, 0.2) is 30.3 Å². The molecule has 3 nitrogen and oxygen atoms in total. The van der Waals surface area contributed by atoms with Crippen LogP contribution in [-0.4, -0.2) is 26.8 Å². The van der Waals surface area contributed by atoms with E-state index in [1.807, 2.05) is 7.11 Å². The van der Waals surface area contributed by atoms with Gasteiger partial charge in [0.05, 0.1) is 7.11 Å². The zero-order valence-electron chi connectivity index (χ0n) is 13.9. The highest BCUT2D eigenvalue weighted by molar-refractivity contribution is 5.86. The minimum absolute atomic E-state index is 0.208. The normalized spacial score (nSPS) is 24.8. The predicted molar refractivity (Wildman–Crippen MR) is 90.6 cm³/mol. The molecule has 0 radical (unpaired) electrons. The van der Waals surface area contributed by atoms with Crippen molar-refractivity contribution in [2.24, 2.45) is 0 Å². The smallest absolute Gasteiger partial charge is 0.122 e. The third-order valence-corrected chi connectivity index (χ3v) is 4.91. The second kappa shape index (κ2) is 5.90. The van der Waals surface area contributed by atoms with Gasteiger partial charge in [0.1, 0.15) is 11.4 Å². The Morgan fingerprint density at radius 3 is 2.59 bits per heavy atom. The molecule has 118 valence electrons. The van der Waals surface area contributed by atoms with Crippen molar-refractivity contribution in [3.63, 3.8) is 0 Å². The molecular formula is C19H25NO2. The van der Waals surface area contributed by atoms with Gasteiger partial charge in [-0.3, -0.25) is 0 Å². The van der Waals surface area contributed by atoms with E-state index in [2.05, 4.69) is 49.5 Å². The average Bonchev–Trinajstić information content (AvgIpc) is 2.95. The Morgan fingerprint density at radius 2 is 2.00 bits per heavy atom. The maximum atomic E-state index is 5.92. The first-order valence-corrected chi connectivity index (χ1v) is 8.01. The lowest BCUT2D eigenvalue weighted by Gasteiger charge is -2.28. The highest BCUT2D eigenvalue weighted by Crippen LogP contribution is 2.36. The summed E-state index contributed by atoms with van der Waals surface area (Å²) >= 11 is 0. The van der Waals surface area contributed by atoms with Gasteiger partial charge in [-0.15, -0.1) is 0 Å². The van der Waals surface area contributed by atoms with Gasteiger partial charge >= 0.3 is 0 Å². The van der Waals surface area contributed by atoms with Crippen molar-refractivity contribution in [1.82, 2.24) is 5.32 Å². The molecule has 0 aromatic heterocycles. The first kappa shape index (κ1) is 15.3. The summed E-state index contributed by atoms with van der Waals surface area (Å²) in [4.78, 5) is 0. The molecule has 1 aliphatic rings. The number of hydrogen-bond acceptors (Lipinski definition) is 3. The molecule has 0 amide bonds. The third-order valence-electron chi connectivity index (χ3n) is 4.91. The van der Waals surface area contributed by atoms with Crippen LogP contribution in [0.3, 0.4) is 0 Å². The maximum Gasteiger partial charge on any atom is 0.122 e. The molecule has 1 N–H and O–H groups in total. The summed E-state index contributed by atoms with van der Waals surface area (Å²) < 4.78 is 11.4. The molecule has 2 aromatic rings. The van der Waals surface area contributed by atoms with Crippen molar-refractivity contribution in [2.75, 3.05) is 20.8 Å². The summed E-state index contributed by atoms with van der Waals surface area (Å²) in [5, 5.41) is 5.97. The Labute approximate surface area is 132 Å². The molecule has 2 unspecified atom stereocenters. The molecule has 1 saturated heterocycles. The first-order chi connectivity index (χ1) is 10.6. The van der Waals surface area contributed by atoms with Crippen LogP contribution in [0, 0.1) is 0 Å². The van der Waals surface area contributed by atoms with Crippen LogP contribution in [-0.2, 0) is 16.8 Å². The van der Waals surface area contributed by atoms with Gasteiger partial charge in [0.25, 0.3) is 0 Å². The quantitative estimate of drug-likeness (QED) is 0.935. The van der Waals surface area contributed by atoms with E-state index in [9.17, 15) is 0 Å². The maximum absolute atomic E-state index is 5.92. The Kier molecular flexibility index (Phi) is 4.11. The molecule has 0 bridgehead atoms. The minimum Gasteiger partial charge on any atom is -0.496 e. The SMILES string of the molecule is CCc1cc2cc(C3(OC)CNC(C)C3)ccc2cc1OC. The molecule has 1 fully saturated rings. The molecule has 1 heterocycles. The number of nitrogens with one attached hydrogen (secondary N) is 1. The second-order valence-electron chi connectivity index (χ2n) is 6.26. The number of aryl methyl sites for hydroxylation is 1. The van der Waals surface area contributed by atoms with E-state index in [-0.39, 0.29) is 5.60 Å². The number of rotatable bonds is 4. The van der Waals surface area contributed by atoms with E-state index in [1.165, 1.54) is 21.9 Å². The lowest BCUT2D eigenvalue weighted by molar-refractivity contribution is 0.00157. The Bertz CT molecular complexity index is 682. The van der Waals surface area contributed by atoms with Crippen LogP contribution >= 0.6 is 0 Å². The second-order valence-corrected chi connectivity index (χ2v) is 6.26. The van der Waals surface area contributed by atoms with Crippen LogP contribution in [0.4, 0.5) is 0 Å².